The summed E-state index contributed by atoms with van der Waals surface area (Å²) in [5.41, 5.74) is 14.2. The molecule has 158 valence electrons. The molecule has 2 aromatic rings. The molecule has 0 bridgehead atoms. The summed E-state index contributed by atoms with van der Waals surface area (Å²) in [6.07, 6.45) is 1.96. The van der Waals surface area contributed by atoms with Gasteiger partial charge in [-0.3, -0.25) is 9.59 Å². The molecule has 4 rings (SSSR count). The van der Waals surface area contributed by atoms with Gasteiger partial charge in [0.05, 0.1) is 6.04 Å². The summed E-state index contributed by atoms with van der Waals surface area (Å²) in [5, 5.41) is 10.3. The maximum absolute atomic E-state index is 12.9. The van der Waals surface area contributed by atoms with E-state index in [1.165, 1.54) is 0 Å². The highest BCUT2D eigenvalue weighted by Gasteiger charge is 2.45. The Labute approximate surface area is 176 Å². The molecule has 0 aromatic heterocycles. The molecule has 1 saturated heterocycles. The highest BCUT2D eigenvalue weighted by atomic mass is 16.3. The number of piperazine rings is 1. The van der Waals surface area contributed by atoms with Gasteiger partial charge in [0, 0.05) is 37.4 Å². The van der Waals surface area contributed by atoms with Gasteiger partial charge in [-0.15, -0.1) is 0 Å². The first-order valence-corrected chi connectivity index (χ1v) is 10.4. The number of para-hydroxylation sites is 1. The predicted octanol–water partition coefficient (Wildman–Crippen LogP) is 1.52. The number of rotatable bonds is 4. The Morgan fingerprint density at radius 2 is 1.53 bits per heavy atom. The summed E-state index contributed by atoms with van der Waals surface area (Å²) in [6, 6.07) is 14.4. The summed E-state index contributed by atoms with van der Waals surface area (Å²) in [5.74, 6) is -0.261. The fourth-order valence-corrected chi connectivity index (χ4v) is 4.12. The van der Waals surface area contributed by atoms with Crippen molar-refractivity contribution in [1.82, 2.24) is 9.80 Å². The van der Waals surface area contributed by atoms with Crippen LogP contribution < -0.4 is 11.5 Å². The third-order valence-corrected chi connectivity index (χ3v) is 6.28. The number of carbonyl (C=O) groups is 2. The largest absolute Gasteiger partial charge is 0.398 e. The Hall–Kier alpha value is -2.90. The molecule has 5 N–H and O–H groups in total. The fraction of sp³-hybridized carbons (Fsp3) is 0.391. The fourth-order valence-electron chi connectivity index (χ4n) is 4.12. The summed E-state index contributed by atoms with van der Waals surface area (Å²) in [6.45, 7) is 1.82. The van der Waals surface area contributed by atoms with Gasteiger partial charge in [0.2, 0.25) is 0 Å². The van der Waals surface area contributed by atoms with Crippen molar-refractivity contribution in [2.45, 2.75) is 30.9 Å². The van der Waals surface area contributed by atoms with Gasteiger partial charge < -0.3 is 26.4 Å². The van der Waals surface area contributed by atoms with Gasteiger partial charge in [0.1, 0.15) is 5.60 Å². The van der Waals surface area contributed by atoms with Crippen LogP contribution in [0.3, 0.4) is 0 Å². The Kier molecular flexibility index (Phi) is 5.49. The molecule has 1 atom stereocenters. The molecule has 7 heteroatoms. The second kappa shape index (κ2) is 8.08. The molecule has 0 spiro atoms. The lowest BCUT2D eigenvalue weighted by Crippen LogP contribution is -2.58. The second-order valence-corrected chi connectivity index (χ2v) is 8.20. The normalized spacial score (nSPS) is 19.1. The van der Waals surface area contributed by atoms with E-state index < -0.39 is 5.60 Å². The molecule has 7 nitrogen and oxygen atoms in total. The SMILES string of the molecule is Nc1ccccc1C(N)c1ccc(C(=O)N2CCN(C(=O)C3(O)CCC3)CC2)cc1. The molecule has 1 unspecified atom stereocenters. The third-order valence-electron chi connectivity index (χ3n) is 6.28. The van der Waals surface area contributed by atoms with E-state index in [4.69, 9.17) is 11.5 Å². The minimum absolute atomic E-state index is 0.0659. The first-order chi connectivity index (χ1) is 14.4. The highest BCUT2D eigenvalue weighted by molar-refractivity contribution is 5.94. The molecule has 1 aliphatic heterocycles. The average molecular weight is 409 g/mol. The first kappa shape index (κ1) is 20.4. The minimum atomic E-state index is -1.18. The number of hydrogen-bond acceptors (Lipinski definition) is 5. The number of carbonyl (C=O) groups excluding carboxylic acids is 2. The lowest BCUT2D eigenvalue weighted by atomic mass is 9.79. The molecule has 2 fully saturated rings. The zero-order chi connectivity index (χ0) is 21.3. The van der Waals surface area contributed by atoms with E-state index in [0.29, 0.717) is 50.3 Å². The smallest absolute Gasteiger partial charge is 0.254 e. The van der Waals surface area contributed by atoms with E-state index in [1.807, 2.05) is 36.4 Å². The van der Waals surface area contributed by atoms with Crippen molar-refractivity contribution >= 4 is 17.5 Å². The third kappa shape index (κ3) is 3.78. The maximum Gasteiger partial charge on any atom is 0.254 e. The summed E-state index contributed by atoms with van der Waals surface area (Å²) >= 11 is 0. The minimum Gasteiger partial charge on any atom is -0.398 e. The molecule has 1 heterocycles. The summed E-state index contributed by atoms with van der Waals surface area (Å²) < 4.78 is 0. The first-order valence-electron chi connectivity index (χ1n) is 10.4. The predicted molar refractivity (Wildman–Crippen MR) is 115 cm³/mol. The Morgan fingerprint density at radius 1 is 0.933 bits per heavy atom. The van der Waals surface area contributed by atoms with Crippen LogP contribution in [0, 0.1) is 0 Å². The number of amides is 2. The number of benzene rings is 2. The molecular formula is C23H28N4O3. The number of hydrogen-bond donors (Lipinski definition) is 3. The van der Waals surface area contributed by atoms with Crippen molar-refractivity contribution in [3.05, 3.63) is 65.2 Å². The van der Waals surface area contributed by atoms with Crippen LogP contribution >= 0.6 is 0 Å². The molecule has 30 heavy (non-hydrogen) atoms. The van der Waals surface area contributed by atoms with Crippen LogP contribution in [-0.2, 0) is 4.79 Å². The van der Waals surface area contributed by atoms with E-state index >= 15 is 0 Å². The van der Waals surface area contributed by atoms with E-state index in [9.17, 15) is 14.7 Å². The number of nitrogen functional groups attached to an aromatic ring is 1. The van der Waals surface area contributed by atoms with Gasteiger partial charge in [-0.2, -0.15) is 0 Å². The lowest BCUT2D eigenvalue weighted by Gasteiger charge is -2.42. The van der Waals surface area contributed by atoms with Gasteiger partial charge in [-0.05, 0) is 48.6 Å². The zero-order valence-electron chi connectivity index (χ0n) is 17.0. The standard InChI is InChI=1S/C23H28N4O3/c24-19-5-2-1-4-18(19)20(25)16-6-8-17(9-7-16)21(28)26-12-14-27(15-13-26)22(29)23(30)10-3-11-23/h1-2,4-9,20,30H,3,10-15,24-25H2. The maximum atomic E-state index is 12.9. The van der Waals surface area contributed by atoms with E-state index in [0.717, 1.165) is 17.5 Å². The van der Waals surface area contributed by atoms with E-state index in [-0.39, 0.29) is 17.9 Å². The van der Waals surface area contributed by atoms with Crippen molar-refractivity contribution in [3.63, 3.8) is 0 Å². The number of anilines is 1. The Bertz CT molecular complexity index is 932. The van der Waals surface area contributed by atoms with E-state index in [2.05, 4.69) is 0 Å². The Morgan fingerprint density at radius 3 is 2.10 bits per heavy atom. The van der Waals surface area contributed by atoms with Gasteiger partial charge in [-0.25, -0.2) is 0 Å². The Balaban J connectivity index is 1.37. The molecule has 1 aliphatic carbocycles. The summed E-state index contributed by atoms with van der Waals surface area (Å²) in [7, 11) is 0. The van der Waals surface area contributed by atoms with Crippen molar-refractivity contribution in [1.29, 1.82) is 0 Å². The zero-order valence-corrected chi connectivity index (χ0v) is 17.0. The quantitative estimate of drug-likeness (QED) is 0.664. The van der Waals surface area contributed by atoms with Crippen LogP contribution in [-0.4, -0.2) is 58.5 Å². The number of nitrogens with zero attached hydrogens (tertiary/aromatic N) is 2. The molecule has 2 amide bonds. The van der Waals surface area contributed by atoms with Crippen molar-refractivity contribution in [2.24, 2.45) is 5.73 Å². The van der Waals surface area contributed by atoms with Gasteiger partial charge in [0.15, 0.2) is 0 Å². The van der Waals surface area contributed by atoms with Gasteiger partial charge in [-0.1, -0.05) is 30.3 Å². The molecule has 0 radical (unpaired) electrons. The monoisotopic (exact) mass is 408 g/mol. The van der Waals surface area contributed by atoms with Crippen LogP contribution in [0.25, 0.3) is 0 Å². The summed E-state index contributed by atoms with van der Waals surface area (Å²) in [4.78, 5) is 28.7. The topological polar surface area (TPSA) is 113 Å². The highest BCUT2D eigenvalue weighted by Crippen LogP contribution is 2.33. The molecule has 2 aromatic carbocycles. The van der Waals surface area contributed by atoms with Crippen LogP contribution in [0.5, 0.6) is 0 Å². The average Bonchev–Trinajstić information content (AvgIpc) is 2.76. The van der Waals surface area contributed by atoms with Crippen LogP contribution in [0.2, 0.25) is 0 Å². The van der Waals surface area contributed by atoms with Crippen LogP contribution in [0.1, 0.15) is 46.8 Å². The number of nitrogens with two attached hydrogens (primary N) is 2. The lowest BCUT2D eigenvalue weighted by molar-refractivity contribution is -0.161. The van der Waals surface area contributed by atoms with Crippen LogP contribution in [0.4, 0.5) is 5.69 Å². The van der Waals surface area contributed by atoms with Crippen molar-refractivity contribution < 1.29 is 14.7 Å². The number of aliphatic hydroxyl groups is 1. The molecule has 2 aliphatic rings. The van der Waals surface area contributed by atoms with Gasteiger partial charge in [0.25, 0.3) is 11.8 Å². The van der Waals surface area contributed by atoms with Crippen molar-refractivity contribution in [2.75, 3.05) is 31.9 Å². The van der Waals surface area contributed by atoms with Gasteiger partial charge >= 0.3 is 0 Å². The van der Waals surface area contributed by atoms with E-state index in [1.54, 1.807) is 21.9 Å². The van der Waals surface area contributed by atoms with Crippen molar-refractivity contribution in [3.8, 4) is 0 Å². The molecular weight excluding hydrogens is 380 g/mol. The van der Waals surface area contributed by atoms with Crippen LogP contribution in [0.15, 0.2) is 48.5 Å². The second-order valence-electron chi connectivity index (χ2n) is 8.20. The molecule has 1 saturated carbocycles.